The number of fused-ring (bicyclic) bond motifs is 3. The van der Waals surface area contributed by atoms with Gasteiger partial charge in [-0.3, -0.25) is 9.59 Å². The zero-order valence-corrected chi connectivity index (χ0v) is 23.2. The number of ketones is 2. The van der Waals surface area contributed by atoms with Gasteiger partial charge in [-0.2, -0.15) is 0 Å². The van der Waals surface area contributed by atoms with E-state index in [1.165, 1.54) is 0 Å². The van der Waals surface area contributed by atoms with Gasteiger partial charge in [-0.15, -0.1) is 0 Å². The molecule has 1 unspecified atom stereocenters. The van der Waals surface area contributed by atoms with Crippen molar-refractivity contribution < 1.29 is 18.7 Å². The fourth-order valence-corrected chi connectivity index (χ4v) is 6.20. The standard InChI is InChI=1S/C34H34FNO3/c1-6-36-29-13-12-25(20-26(29)27-18-21(2)19-28(35)31(27)36)30-23(4)22(3)14-15-34(30,16-17-39-5)33(38)32(37)24-10-8-7-9-11-24/h7-14,18-20H,6,15-17H2,1-5H3. The van der Waals surface area contributed by atoms with Crippen LogP contribution in [-0.2, 0) is 16.1 Å². The normalized spacial score (nSPS) is 17.6. The molecule has 0 N–H and O–H groups in total. The summed E-state index contributed by atoms with van der Waals surface area (Å²) in [5.74, 6) is -1.16. The number of hydrogen-bond donors (Lipinski definition) is 0. The smallest absolute Gasteiger partial charge is 0.229 e. The van der Waals surface area contributed by atoms with Gasteiger partial charge in [0.05, 0.1) is 10.9 Å². The van der Waals surface area contributed by atoms with E-state index in [2.05, 4.69) is 12.1 Å². The minimum absolute atomic E-state index is 0.241. The van der Waals surface area contributed by atoms with Crippen LogP contribution < -0.4 is 0 Å². The molecule has 0 fully saturated rings. The van der Waals surface area contributed by atoms with Crippen LogP contribution in [0, 0.1) is 18.2 Å². The predicted molar refractivity (Wildman–Crippen MR) is 155 cm³/mol. The number of nitrogens with zero attached hydrogens (tertiary/aromatic N) is 1. The second kappa shape index (κ2) is 10.4. The number of rotatable bonds is 8. The number of carbonyl (C=O) groups excluding carboxylic acids is 2. The fourth-order valence-electron chi connectivity index (χ4n) is 6.20. The van der Waals surface area contributed by atoms with Gasteiger partial charge in [0.2, 0.25) is 11.6 Å². The molecule has 1 aliphatic carbocycles. The minimum atomic E-state index is -1.08. The highest BCUT2D eigenvalue weighted by atomic mass is 19.1. The van der Waals surface area contributed by atoms with Crippen LogP contribution in [-0.4, -0.2) is 29.9 Å². The maximum atomic E-state index is 15.2. The van der Waals surface area contributed by atoms with Crippen molar-refractivity contribution in [2.75, 3.05) is 13.7 Å². The largest absolute Gasteiger partial charge is 0.385 e. The summed E-state index contributed by atoms with van der Waals surface area (Å²) in [4.78, 5) is 27.9. The molecule has 39 heavy (non-hydrogen) atoms. The highest BCUT2D eigenvalue weighted by Gasteiger charge is 2.47. The second-order valence-corrected chi connectivity index (χ2v) is 10.6. The Morgan fingerprint density at radius 2 is 1.74 bits per heavy atom. The van der Waals surface area contributed by atoms with Crippen LogP contribution in [0.3, 0.4) is 0 Å². The molecule has 200 valence electrons. The monoisotopic (exact) mass is 523 g/mol. The lowest BCUT2D eigenvalue weighted by molar-refractivity contribution is -0.122. The molecule has 0 saturated heterocycles. The van der Waals surface area contributed by atoms with E-state index >= 15 is 4.39 Å². The lowest BCUT2D eigenvalue weighted by Gasteiger charge is -2.38. The van der Waals surface area contributed by atoms with Crippen molar-refractivity contribution in [2.24, 2.45) is 5.41 Å². The van der Waals surface area contributed by atoms with Crippen molar-refractivity contribution in [3.8, 4) is 0 Å². The zero-order chi connectivity index (χ0) is 27.9. The van der Waals surface area contributed by atoms with Crippen molar-refractivity contribution in [1.29, 1.82) is 0 Å². The third-order valence-electron chi connectivity index (χ3n) is 8.27. The maximum Gasteiger partial charge on any atom is 0.229 e. The van der Waals surface area contributed by atoms with E-state index in [-0.39, 0.29) is 5.82 Å². The topological polar surface area (TPSA) is 48.3 Å². The molecule has 4 nitrogen and oxygen atoms in total. The Morgan fingerprint density at radius 1 is 1.00 bits per heavy atom. The Morgan fingerprint density at radius 3 is 2.44 bits per heavy atom. The number of carbonyl (C=O) groups is 2. The van der Waals surface area contributed by atoms with E-state index in [0.29, 0.717) is 37.1 Å². The average Bonchev–Trinajstić information content (AvgIpc) is 3.26. The summed E-state index contributed by atoms with van der Waals surface area (Å²) in [7, 11) is 1.61. The van der Waals surface area contributed by atoms with E-state index in [9.17, 15) is 9.59 Å². The molecule has 3 aromatic carbocycles. The second-order valence-electron chi connectivity index (χ2n) is 10.6. The van der Waals surface area contributed by atoms with Crippen LogP contribution in [0.25, 0.3) is 27.4 Å². The number of Topliss-reactive ketones (excluding diaryl/α,β-unsaturated/α-hetero) is 2. The van der Waals surface area contributed by atoms with Crippen LogP contribution in [0.4, 0.5) is 4.39 Å². The highest BCUT2D eigenvalue weighted by molar-refractivity contribution is 6.47. The van der Waals surface area contributed by atoms with Gasteiger partial charge in [0.25, 0.3) is 0 Å². The molecule has 1 aliphatic rings. The van der Waals surface area contributed by atoms with Crippen molar-refractivity contribution in [3.63, 3.8) is 0 Å². The molecule has 4 aromatic rings. The Hall–Kier alpha value is -3.83. The van der Waals surface area contributed by atoms with Crippen molar-refractivity contribution in [1.82, 2.24) is 4.57 Å². The zero-order valence-electron chi connectivity index (χ0n) is 23.2. The van der Waals surface area contributed by atoms with Gasteiger partial charge in [-0.25, -0.2) is 4.39 Å². The van der Waals surface area contributed by atoms with Crippen molar-refractivity contribution in [3.05, 3.63) is 100 Å². The number of halogens is 1. The Labute approximate surface area is 228 Å². The average molecular weight is 524 g/mol. The van der Waals surface area contributed by atoms with Gasteiger partial charge in [-0.05, 0) is 87.1 Å². The number of allylic oxidation sites excluding steroid dienone is 4. The van der Waals surface area contributed by atoms with E-state index in [1.54, 1.807) is 37.4 Å². The quantitative estimate of drug-likeness (QED) is 0.174. The molecule has 0 spiro atoms. The van der Waals surface area contributed by atoms with Gasteiger partial charge >= 0.3 is 0 Å². The lowest BCUT2D eigenvalue weighted by atomic mass is 9.63. The summed E-state index contributed by atoms with van der Waals surface area (Å²) in [6, 6.07) is 18.4. The van der Waals surface area contributed by atoms with E-state index in [0.717, 1.165) is 44.1 Å². The summed E-state index contributed by atoms with van der Waals surface area (Å²) in [6.07, 6.45) is 2.85. The highest BCUT2D eigenvalue weighted by Crippen LogP contribution is 2.50. The van der Waals surface area contributed by atoms with Crippen molar-refractivity contribution in [2.45, 2.75) is 47.1 Å². The first-order valence-electron chi connectivity index (χ1n) is 13.5. The molecular formula is C34H34FNO3. The first kappa shape index (κ1) is 26.8. The van der Waals surface area contributed by atoms with Crippen LogP contribution in [0.15, 0.2) is 77.9 Å². The van der Waals surface area contributed by atoms with E-state index in [4.69, 9.17) is 4.74 Å². The fraction of sp³-hybridized carbons (Fsp3) is 0.294. The Balaban J connectivity index is 1.77. The molecule has 1 aromatic heterocycles. The van der Waals surface area contributed by atoms with Crippen molar-refractivity contribution >= 4 is 38.9 Å². The third kappa shape index (κ3) is 4.35. The number of hydrogen-bond acceptors (Lipinski definition) is 3. The molecule has 1 heterocycles. The first-order valence-corrected chi connectivity index (χ1v) is 13.5. The Kier molecular flexibility index (Phi) is 7.13. The molecule has 0 radical (unpaired) electrons. The van der Waals surface area contributed by atoms with Gasteiger partial charge in [-0.1, -0.05) is 48.0 Å². The molecule has 0 aliphatic heterocycles. The van der Waals surface area contributed by atoms with Crippen LogP contribution in [0.5, 0.6) is 0 Å². The minimum Gasteiger partial charge on any atom is -0.385 e. The van der Waals surface area contributed by atoms with Gasteiger partial charge < -0.3 is 9.30 Å². The molecule has 0 amide bonds. The summed E-state index contributed by atoms with van der Waals surface area (Å²) in [5, 5.41) is 1.78. The number of ether oxygens (including phenoxy) is 1. The summed E-state index contributed by atoms with van der Waals surface area (Å²) >= 11 is 0. The van der Waals surface area contributed by atoms with E-state index in [1.807, 2.05) is 56.5 Å². The molecule has 0 saturated carbocycles. The molecule has 5 heteroatoms. The van der Waals surface area contributed by atoms with Crippen LogP contribution in [0.2, 0.25) is 0 Å². The number of aryl methyl sites for hydroxylation is 2. The molecule has 5 rings (SSSR count). The lowest BCUT2D eigenvalue weighted by Crippen LogP contribution is -2.40. The maximum absolute atomic E-state index is 15.2. The van der Waals surface area contributed by atoms with Crippen LogP contribution >= 0.6 is 0 Å². The SMILES string of the molecule is CCn1c2ccc(C3=C(C)C(C)=CCC3(CCOC)C(=O)C(=O)c3ccccc3)cc2c2cc(C)cc(F)c21. The van der Waals surface area contributed by atoms with Gasteiger partial charge in [0.1, 0.15) is 5.82 Å². The number of methoxy groups -OCH3 is 1. The summed E-state index contributed by atoms with van der Waals surface area (Å²) < 4.78 is 22.7. The van der Waals surface area contributed by atoms with Gasteiger partial charge in [0, 0.05) is 42.1 Å². The molecule has 1 atom stereocenters. The molecular weight excluding hydrogens is 489 g/mol. The van der Waals surface area contributed by atoms with E-state index < -0.39 is 17.0 Å². The summed E-state index contributed by atoms with van der Waals surface area (Å²) in [6.45, 7) is 8.93. The number of aromatic nitrogens is 1. The first-order chi connectivity index (χ1) is 18.7. The third-order valence-corrected chi connectivity index (χ3v) is 8.27. The summed E-state index contributed by atoms with van der Waals surface area (Å²) in [5.41, 5.74) is 5.46. The number of benzene rings is 3. The van der Waals surface area contributed by atoms with Gasteiger partial charge in [0.15, 0.2) is 0 Å². The Bertz CT molecular complexity index is 1680. The molecule has 0 bridgehead atoms. The van der Waals surface area contributed by atoms with Crippen LogP contribution in [0.1, 0.15) is 55.1 Å². The predicted octanol–water partition coefficient (Wildman–Crippen LogP) is 7.86.